The monoisotopic (exact) mass is 616 g/mol. The second-order valence-electron chi connectivity index (χ2n) is 15.6. The molecule has 228 valence electrons. The summed E-state index contributed by atoms with van der Waals surface area (Å²) < 4.78 is 5.19. The molecule has 6 aromatic rings. The molecule has 6 aromatic carbocycles. The predicted octanol–water partition coefficient (Wildman–Crippen LogP) is 10.4. The van der Waals surface area contributed by atoms with E-state index < -0.39 is 0 Å². The Hall–Kier alpha value is -4.95. The molecule has 0 saturated heterocycles. The number of carbonyl (C=O) groups is 1. The third-order valence-corrected chi connectivity index (χ3v) is 13.9. The largest absolute Gasteiger partial charge is 0.469 e. The van der Waals surface area contributed by atoms with Crippen LogP contribution in [0.3, 0.4) is 0 Å². The van der Waals surface area contributed by atoms with E-state index in [1.54, 1.807) is 66.1 Å². The number of hydrogen-bond donors (Lipinski definition) is 0. The van der Waals surface area contributed by atoms with E-state index in [0.717, 1.165) is 38.5 Å². The molecule has 3 unspecified atom stereocenters. The molecule has 0 aliphatic heterocycles. The van der Waals surface area contributed by atoms with Crippen molar-refractivity contribution < 1.29 is 9.53 Å². The van der Waals surface area contributed by atoms with Crippen LogP contribution in [0.2, 0.25) is 0 Å². The van der Waals surface area contributed by atoms with Gasteiger partial charge in [0.15, 0.2) is 0 Å². The number of ether oxygens (including phenoxy) is 1. The average Bonchev–Trinajstić information content (AvgIpc) is 3.79. The Morgan fingerprint density at radius 2 is 1.65 bits per heavy atom. The highest BCUT2D eigenvalue weighted by atomic mass is 16.5. The van der Waals surface area contributed by atoms with Gasteiger partial charge < -0.3 is 4.74 Å². The quantitative estimate of drug-likeness (QED) is 0.109. The van der Waals surface area contributed by atoms with Crippen LogP contribution in [0, 0.1) is 5.92 Å². The maximum Gasteiger partial charge on any atom is 0.305 e. The number of benzene rings is 6. The second kappa shape index (κ2) is 8.01. The summed E-state index contributed by atoms with van der Waals surface area (Å²) in [5.41, 5.74) is 19.9. The van der Waals surface area contributed by atoms with Gasteiger partial charge in [-0.1, -0.05) is 90.0 Å². The molecule has 0 amide bonds. The summed E-state index contributed by atoms with van der Waals surface area (Å²) in [5.74, 6) is 0.416. The molecular weight excluding hydrogens is 585 g/mol. The van der Waals surface area contributed by atoms with Crippen LogP contribution < -0.4 is 0 Å². The van der Waals surface area contributed by atoms with Gasteiger partial charge in [-0.25, -0.2) is 0 Å². The fourth-order valence-corrected chi connectivity index (χ4v) is 12.3. The smallest absolute Gasteiger partial charge is 0.305 e. The highest BCUT2D eigenvalue weighted by Crippen LogP contribution is 2.70. The van der Waals surface area contributed by atoms with E-state index in [0.29, 0.717) is 12.3 Å². The van der Waals surface area contributed by atoms with Gasteiger partial charge in [-0.3, -0.25) is 4.79 Å². The number of rotatable bonds is 5. The molecule has 0 saturated carbocycles. The molecule has 7 aliphatic rings. The van der Waals surface area contributed by atoms with E-state index >= 15 is 0 Å². The minimum Gasteiger partial charge on any atom is -0.469 e. The Balaban J connectivity index is 1.24. The first-order valence-corrected chi connectivity index (χ1v) is 17.9. The maximum absolute atomic E-state index is 12.6. The summed E-state index contributed by atoms with van der Waals surface area (Å²) in [6.45, 7) is 0. The molecule has 3 atom stereocenters. The zero-order valence-corrected chi connectivity index (χ0v) is 26.9. The molecule has 0 aromatic heterocycles. The molecule has 7 aliphatic carbocycles. The fourth-order valence-electron chi connectivity index (χ4n) is 12.3. The third-order valence-electron chi connectivity index (χ3n) is 13.9. The number of carbonyl (C=O) groups excluding carboxylic acids is 1. The normalized spacial score (nSPS) is 23.6. The number of hydrogen-bond acceptors (Lipinski definition) is 2. The number of esters is 1. The minimum absolute atomic E-state index is 0.109. The molecule has 2 nitrogen and oxygen atoms in total. The lowest BCUT2D eigenvalue weighted by molar-refractivity contribution is -0.140. The van der Waals surface area contributed by atoms with Crippen LogP contribution in [0.4, 0.5) is 0 Å². The van der Waals surface area contributed by atoms with Crippen molar-refractivity contribution in [3.63, 3.8) is 0 Å². The highest BCUT2D eigenvalue weighted by molar-refractivity contribution is 6.41. The van der Waals surface area contributed by atoms with Gasteiger partial charge >= 0.3 is 5.97 Å². The fraction of sp³-hybridized carbons (Fsp3) is 0.239. The zero-order valence-electron chi connectivity index (χ0n) is 26.9. The van der Waals surface area contributed by atoms with Gasteiger partial charge in [0.1, 0.15) is 0 Å². The molecule has 48 heavy (non-hydrogen) atoms. The van der Waals surface area contributed by atoms with Crippen molar-refractivity contribution in [2.45, 2.75) is 56.3 Å². The van der Waals surface area contributed by atoms with Crippen LogP contribution in [0.15, 0.2) is 84.0 Å². The van der Waals surface area contributed by atoms with E-state index in [4.69, 9.17) is 4.74 Å². The lowest BCUT2D eigenvalue weighted by Gasteiger charge is -2.51. The molecule has 0 N–H and O–H groups in total. The Labute approximate surface area is 278 Å². The lowest BCUT2D eigenvalue weighted by Crippen LogP contribution is -2.43. The average molecular weight is 617 g/mol. The summed E-state index contributed by atoms with van der Waals surface area (Å²) in [6.07, 6.45) is 14.0. The van der Waals surface area contributed by atoms with Crippen LogP contribution in [0.25, 0.3) is 65.9 Å². The number of allylic oxidation sites excluding steroid dienone is 5. The van der Waals surface area contributed by atoms with Crippen LogP contribution >= 0.6 is 0 Å². The minimum atomic E-state index is -0.232. The Kier molecular flexibility index (Phi) is 4.19. The Morgan fingerprint density at radius 3 is 2.52 bits per heavy atom. The van der Waals surface area contributed by atoms with Crippen LogP contribution in [0.5, 0.6) is 0 Å². The van der Waals surface area contributed by atoms with Crippen LogP contribution in [-0.4, -0.2) is 13.1 Å². The first kappa shape index (κ1) is 25.1. The van der Waals surface area contributed by atoms with Crippen molar-refractivity contribution >= 4 is 60.7 Å². The van der Waals surface area contributed by atoms with Gasteiger partial charge in [-0.05, 0) is 149 Å². The summed E-state index contributed by atoms with van der Waals surface area (Å²) in [5, 5.41) is 12.1. The molecular formula is C46H32O2. The Bertz CT molecular complexity index is 2750. The van der Waals surface area contributed by atoms with Gasteiger partial charge in [0, 0.05) is 17.8 Å². The number of fused-ring (bicyclic) bond motifs is 1. The van der Waals surface area contributed by atoms with Gasteiger partial charge in [-0.15, -0.1) is 0 Å². The van der Waals surface area contributed by atoms with Gasteiger partial charge in [0.25, 0.3) is 0 Å². The maximum atomic E-state index is 12.6. The molecule has 0 radical (unpaired) electrons. The van der Waals surface area contributed by atoms with E-state index in [-0.39, 0.29) is 17.3 Å². The van der Waals surface area contributed by atoms with Gasteiger partial charge in [0.05, 0.1) is 7.11 Å². The van der Waals surface area contributed by atoms with Crippen LogP contribution in [-0.2, 0) is 34.2 Å². The molecule has 0 fully saturated rings. The summed E-state index contributed by atoms with van der Waals surface area (Å²) in [6, 6.07) is 23.8. The zero-order chi connectivity index (χ0) is 31.2. The highest BCUT2D eigenvalue weighted by Gasteiger charge is 2.54. The molecule has 13 rings (SSSR count). The van der Waals surface area contributed by atoms with E-state index in [9.17, 15) is 4.79 Å². The van der Waals surface area contributed by atoms with Gasteiger partial charge in [-0.2, -0.15) is 0 Å². The van der Waals surface area contributed by atoms with Crippen molar-refractivity contribution in [2.24, 2.45) is 5.92 Å². The summed E-state index contributed by atoms with van der Waals surface area (Å²) in [7, 11) is 1.52. The molecule has 2 bridgehead atoms. The Morgan fingerprint density at radius 1 is 0.833 bits per heavy atom. The SMILES string of the molecule is COC(=O)CCCC1(c2ccccc2)C2=CCC3=C4c5c(cc6ccc7cc8c9c%10c(cc%11c(c%10c(c%10c9c7c6c5-%10)C24)CC1C=C%11)C8)C3. The first-order valence-electron chi connectivity index (χ1n) is 17.9. The molecule has 2 heteroatoms. The molecule has 0 heterocycles. The van der Waals surface area contributed by atoms with E-state index in [1.807, 2.05) is 0 Å². The topological polar surface area (TPSA) is 26.3 Å². The number of methoxy groups -OCH3 is 1. The second-order valence-corrected chi connectivity index (χ2v) is 15.6. The van der Waals surface area contributed by atoms with Crippen molar-refractivity contribution in [3.05, 3.63) is 128 Å². The van der Waals surface area contributed by atoms with E-state index in [2.05, 4.69) is 78.9 Å². The van der Waals surface area contributed by atoms with Crippen molar-refractivity contribution in [3.8, 4) is 11.1 Å². The van der Waals surface area contributed by atoms with Crippen molar-refractivity contribution in [1.29, 1.82) is 0 Å². The summed E-state index contributed by atoms with van der Waals surface area (Å²) >= 11 is 0. The van der Waals surface area contributed by atoms with Crippen molar-refractivity contribution in [1.82, 2.24) is 0 Å². The van der Waals surface area contributed by atoms with E-state index in [1.165, 1.54) is 56.5 Å². The molecule has 0 spiro atoms. The third kappa shape index (κ3) is 2.54. The lowest BCUT2D eigenvalue weighted by atomic mass is 9.52. The van der Waals surface area contributed by atoms with Gasteiger partial charge in [0.2, 0.25) is 0 Å². The predicted molar refractivity (Wildman–Crippen MR) is 195 cm³/mol. The van der Waals surface area contributed by atoms with Crippen molar-refractivity contribution in [2.75, 3.05) is 7.11 Å². The standard InChI is InChI=1S/C46H32O2/c1-48-33(47)8-5-15-46(29-6-3-2-4-7-29)30-13-11-22-16-26-20-28-18-24-10-9-23-17-27-19-25-12-14-32(46)41-34(25)38(27)42-35(23)36(24)43-39(28)37(26)40(31(22)21-30)44(41)45(42)43/h2-4,6-7,9-11,13-14,16-18,30,41H,5,8,12,15,19-21H2,1H3. The first-order chi connectivity index (χ1) is 23.7. The summed E-state index contributed by atoms with van der Waals surface area (Å²) in [4.78, 5) is 12.6. The van der Waals surface area contributed by atoms with Crippen LogP contribution in [0.1, 0.15) is 76.1 Å².